The van der Waals surface area contributed by atoms with Crippen molar-refractivity contribution in [3.05, 3.63) is 47.0 Å². The van der Waals surface area contributed by atoms with Crippen LogP contribution in [0, 0.1) is 0 Å². The zero-order valence-electron chi connectivity index (χ0n) is 9.03. The minimum absolute atomic E-state index is 0.467. The van der Waals surface area contributed by atoms with Gasteiger partial charge in [0.25, 0.3) is 0 Å². The van der Waals surface area contributed by atoms with Crippen LogP contribution in [0.3, 0.4) is 0 Å². The first-order valence-electron chi connectivity index (χ1n) is 5.24. The first kappa shape index (κ1) is 10.6. The van der Waals surface area contributed by atoms with Crippen molar-refractivity contribution in [1.29, 1.82) is 0 Å². The molecule has 1 aromatic rings. The third kappa shape index (κ3) is 1.89. The molecule has 3 heteroatoms. The van der Waals surface area contributed by atoms with Crippen molar-refractivity contribution in [3.8, 4) is 0 Å². The lowest BCUT2D eigenvalue weighted by Crippen LogP contribution is -2.03. The van der Waals surface area contributed by atoms with E-state index in [1.165, 1.54) is 0 Å². The van der Waals surface area contributed by atoms with Gasteiger partial charge in [-0.2, -0.15) is 0 Å². The van der Waals surface area contributed by atoms with E-state index in [0.717, 1.165) is 5.56 Å². The molecule has 1 heterocycles. The van der Waals surface area contributed by atoms with E-state index in [1.54, 1.807) is 0 Å². The number of carbonyl (C=O) groups is 2. The summed E-state index contributed by atoms with van der Waals surface area (Å²) in [5.41, 5.74) is 2.02. The van der Waals surface area contributed by atoms with Gasteiger partial charge in [-0.3, -0.25) is 0 Å². The summed E-state index contributed by atoms with van der Waals surface area (Å²) in [6.07, 6.45) is 1.00. The van der Waals surface area contributed by atoms with Gasteiger partial charge >= 0.3 is 11.9 Å². The maximum Gasteiger partial charge on any atom is 0.342 e. The van der Waals surface area contributed by atoms with Crippen LogP contribution in [0.5, 0.6) is 0 Å². The van der Waals surface area contributed by atoms with Crippen LogP contribution < -0.4 is 0 Å². The highest BCUT2D eigenvalue weighted by Gasteiger charge is 2.31. The number of hydrogen-bond acceptors (Lipinski definition) is 3. The molecule has 0 aliphatic carbocycles. The normalized spacial score (nSPS) is 15.6. The van der Waals surface area contributed by atoms with Crippen molar-refractivity contribution >= 4 is 11.9 Å². The molecule has 0 unspecified atom stereocenters. The second-order valence-corrected chi connectivity index (χ2v) is 3.65. The highest BCUT2D eigenvalue weighted by molar-refractivity contribution is 6.12. The Hall–Kier alpha value is -1.90. The van der Waals surface area contributed by atoms with Gasteiger partial charge in [-0.15, -0.1) is 0 Å². The van der Waals surface area contributed by atoms with Gasteiger partial charge in [0.2, 0.25) is 0 Å². The van der Waals surface area contributed by atoms with E-state index in [0.29, 0.717) is 24.0 Å². The van der Waals surface area contributed by atoms with E-state index >= 15 is 0 Å². The number of benzene rings is 1. The largest absolute Gasteiger partial charge is 0.386 e. The highest BCUT2D eigenvalue weighted by Crippen LogP contribution is 2.23. The molecule has 0 bridgehead atoms. The Morgan fingerprint density at radius 1 is 1.00 bits per heavy atom. The molecule has 0 radical (unpaired) electrons. The van der Waals surface area contributed by atoms with Gasteiger partial charge in [0.1, 0.15) is 0 Å². The SMILES string of the molecule is CCC1=C(Cc2ccccc2)C(=O)OC1=O. The van der Waals surface area contributed by atoms with E-state index in [2.05, 4.69) is 4.74 Å². The van der Waals surface area contributed by atoms with E-state index in [-0.39, 0.29) is 0 Å². The second-order valence-electron chi connectivity index (χ2n) is 3.65. The molecule has 0 N–H and O–H groups in total. The van der Waals surface area contributed by atoms with Gasteiger partial charge in [-0.25, -0.2) is 9.59 Å². The zero-order chi connectivity index (χ0) is 11.5. The Bertz CT molecular complexity index is 457. The fourth-order valence-corrected chi connectivity index (χ4v) is 1.79. The van der Waals surface area contributed by atoms with Gasteiger partial charge < -0.3 is 4.74 Å². The van der Waals surface area contributed by atoms with Crippen LogP contribution in [-0.2, 0) is 20.7 Å². The number of hydrogen-bond donors (Lipinski definition) is 0. The molecule has 16 heavy (non-hydrogen) atoms. The van der Waals surface area contributed by atoms with Crippen LogP contribution in [0.25, 0.3) is 0 Å². The van der Waals surface area contributed by atoms with Crippen LogP contribution in [0.1, 0.15) is 18.9 Å². The van der Waals surface area contributed by atoms with Crippen LogP contribution in [0.15, 0.2) is 41.5 Å². The molecule has 3 nitrogen and oxygen atoms in total. The Morgan fingerprint density at radius 3 is 2.25 bits per heavy atom. The Labute approximate surface area is 93.7 Å². The fourth-order valence-electron chi connectivity index (χ4n) is 1.79. The zero-order valence-corrected chi connectivity index (χ0v) is 9.03. The van der Waals surface area contributed by atoms with E-state index in [9.17, 15) is 9.59 Å². The molecule has 1 aliphatic heterocycles. The number of carbonyl (C=O) groups excluding carboxylic acids is 2. The summed E-state index contributed by atoms with van der Waals surface area (Å²) < 4.78 is 4.60. The molecule has 0 amide bonds. The van der Waals surface area contributed by atoms with Gasteiger partial charge in [0.15, 0.2) is 0 Å². The summed E-state index contributed by atoms with van der Waals surface area (Å²) >= 11 is 0. The second kappa shape index (κ2) is 4.31. The third-order valence-corrected chi connectivity index (χ3v) is 2.62. The minimum Gasteiger partial charge on any atom is -0.386 e. The van der Waals surface area contributed by atoms with E-state index < -0.39 is 11.9 Å². The third-order valence-electron chi connectivity index (χ3n) is 2.62. The topological polar surface area (TPSA) is 43.4 Å². The van der Waals surface area contributed by atoms with Gasteiger partial charge in [0.05, 0.1) is 5.57 Å². The Kier molecular flexibility index (Phi) is 2.86. The number of cyclic esters (lactones) is 2. The Morgan fingerprint density at radius 2 is 1.62 bits per heavy atom. The van der Waals surface area contributed by atoms with E-state index in [1.807, 2.05) is 37.3 Å². The van der Waals surface area contributed by atoms with Crippen LogP contribution in [0.4, 0.5) is 0 Å². The van der Waals surface area contributed by atoms with Gasteiger partial charge in [0, 0.05) is 12.0 Å². The monoisotopic (exact) mass is 216 g/mol. The average Bonchev–Trinajstić information content (AvgIpc) is 2.55. The smallest absolute Gasteiger partial charge is 0.342 e. The molecule has 0 fully saturated rings. The van der Waals surface area contributed by atoms with Crippen molar-refractivity contribution in [2.45, 2.75) is 19.8 Å². The maximum atomic E-state index is 11.5. The van der Waals surface area contributed by atoms with Crippen molar-refractivity contribution in [1.82, 2.24) is 0 Å². The lowest BCUT2D eigenvalue weighted by Gasteiger charge is -2.00. The quantitative estimate of drug-likeness (QED) is 0.573. The van der Waals surface area contributed by atoms with Gasteiger partial charge in [-0.1, -0.05) is 37.3 Å². The summed E-state index contributed by atoms with van der Waals surface area (Å²) in [6, 6.07) is 9.58. The van der Waals surface area contributed by atoms with Crippen molar-refractivity contribution in [2.75, 3.05) is 0 Å². The van der Waals surface area contributed by atoms with Crippen molar-refractivity contribution in [3.63, 3.8) is 0 Å². The molecule has 0 saturated heterocycles. The molecule has 2 rings (SSSR count). The predicted molar refractivity (Wildman–Crippen MR) is 58.6 cm³/mol. The summed E-state index contributed by atoms with van der Waals surface area (Å²) in [7, 11) is 0. The summed E-state index contributed by atoms with van der Waals surface area (Å²) in [5, 5.41) is 0. The molecule has 1 aromatic carbocycles. The van der Waals surface area contributed by atoms with Crippen molar-refractivity contribution in [2.24, 2.45) is 0 Å². The molecule has 1 aliphatic rings. The molecule has 0 aromatic heterocycles. The molecular weight excluding hydrogens is 204 g/mol. The standard InChI is InChI=1S/C13H12O3/c1-2-10-11(13(15)16-12(10)14)8-9-6-4-3-5-7-9/h3-7H,2,8H2,1H3. The summed E-state index contributed by atoms with van der Waals surface area (Å²) in [4.78, 5) is 22.8. The summed E-state index contributed by atoms with van der Waals surface area (Å²) in [5.74, 6) is -0.982. The first-order chi connectivity index (χ1) is 7.72. The maximum absolute atomic E-state index is 11.5. The minimum atomic E-state index is -0.495. The number of rotatable bonds is 3. The van der Waals surface area contributed by atoms with Crippen LogP contribution in [-0.4, -0.2) is 11.9 Å². The highest BCUT2D eigenvalue weighted by atomic mass is 16.6. The molecule has 0 atom stereocenters. The lowest BCUT2D eigenvalue weighted by atomic mass is 10.0. The number of ether oxygens (including phenoxy) is 1. The molecular formula is C13H12O3. The molecule has 0 spiro atoms. The number of esters is 2. The average molecular weight is 216 g/mol. The molecule has 82 valence electrons. The van der Waals surface area contributed by atoms with E-state index in [4.69, 9.17) is 0 Å². The fraction of sp³-hybridized carbons (Fsp3) is 0.231. The van der Waals surface area contributed by atoms with Crippen LogP contribution in [0.2, 0.25) is 0 Å². The van der Waals surface area contributed by atoms with Crippen LogP contribution >= 0.6 is 0 Å². The first-order valence-corrected chi connectivity index (χ1v) is 5.24. The van der Waals surface area contributed by atoms with Crippen molar-refractivity contribution < 1.29 is 14.3 Å². The predicted octanol–water partition coefficient (Wildman–Crippen LogP) is 2.02. The lowest BCUT2D eigenvalue weighted by molar-refractivity contribution is -0.151. The molecule has 0 saturated carbocycles. The Balaban J connectivity index is 2.29. The van der Waals surface area contributed by atoms with Gasteiger partial charge in [-0.05, 0) is 12.0 Å². The summed E-state index contributed by atoms with van der Waals surface area (Å²) in [6.45, 7) is 1.85.